The van der Waals surface area contributed by atoms with E-state index in [1.165, 1.54) is 18.2 Å². The van der Waals surface area contributed by atoms with Crippen molar-refractivity contribution >= 4 is 17.7 Å². The van der Waals surface area contributed by atoms with Crippen LogP contribution in [0.15, 0.2) is 52.3 Å². The molecular weight excluding hydrogens is 258 g/mol. The second-order valence-corrected chi connectivity index (χ2v) is 4.56. The van der Waals surface area contributed by atoms with Crippen LogP contribution in [-0.4, -0.2) is 11.1 Å². The van der Waals surface area contributed by atoms with Crippen LogP contribution in [0, 0.1) is 11.6 Å². The topological polar surface area (TPSA) is 37.3 Å². The van der Waals surface area contributed by atoms with Gasteiger partial charge in [-0.1, -0.05) is 23.9 Å². The van der Waals surface area contributed by atoms with Crippen molar-refractivity contribution in [3.05, 3.63) is 59.7 Å². The van der Waals surface area contributed by atoms with Crippen molar-refractivity contribution in [3.63, 3.8) is 0 Å². The van der Waals surface area contributed by atoms with Gasteiger partial charge in [-0.3, -0.25) is 0 Å². The van der Waals surface area contributed by atoms with Crippen LogP contribution in [0.4, 0.5) is 8.78 Å². The van der Waals surface area contributed by atoms with Crippen LogP contribution in [0.2, 0.25) is 0 Å². The molecule has 92 valence electrons. The number of benzene rings is 2. The first-order chi connectivity index (χ1) is 8.58. The van der Waals surface area contributed by atoms with Crippen molar-refractivity contribution in [1.82, 2.24) is 0 Å². The molecule has 0 radical (unpaired) electrons. The summed E-state index contributed by atoms with van der Waals surface area (Å²) in [6.45, 7) is 0. The summed E-state index contributed by atoms with van der Waals surface area (Å²) >= 11 is 0.955. The maximum atomic E-state index is 13.4. The van der Waals surface area contributed by atoms with Gasteiger partial charge in [0.25, 0.3) is 0 Å². The number of hydrogen-bond donors (Lipinski definition) is 1. The third-order valence-corrected chi connectivity index (χ3v) is 3.36. The Kier molecular flexibility index (Phi) is 3.62. The van der Waals surface area contributed by atoms with E-state index in [0.717, 1.165) is 23.9 Å². The van der Waals surface area contributed by atoms with Gasteiger partial charge in [-0.05, 0) is 30.3 Å². The Hall–Kier alpha value is -1.88. The fourth-order valence-electron chi connectivity index (χ4n) is 1.40. The number of carboxylic acids is 1. The maximum Gasteiger partial charge on any atom is 0.336 e. The summed E-state index contributed by atoms with van der Waals surface area (Å²) in [5.74, 6) is -2.32. The molecule has 0 fully saturated rings. The standard InChI is InChI=1S/C13H8F2O2S/c14-8-5-6-11(9(7-8)13(16)17)18-12-4-2-1-3-10(12)15/h1-7H,(H,16,17). The molecule has 0 saturated carbocycles. The Morgan fingerprint density at radius 3 is 2.44 bits per heavy atom. The summed E-state index contributed by atoms with van der Waals surface area (Å²) in [6, 6.07) is 9.41. The summed E-state index contributed by atoms with van der Waals surface area (Å²) in [4.78, 5) is 11.6. The van der Waals surface area contributed by atoms with Crippen LogP contribution in [0.5, 0.6) is 0 Å². The van der Waals surface area contributed by atoms with E-state index < -0.39 is 17.6 Å². The number of rotatable bonds is 3. The molecule has 0 atom stereocenters. The average molecular weight is 266 g/mol. The zero-order chi connectivity index (χ0) is 13.1. The van der Waals surface area contributed by atoms with Crippen molar-refractivity contribution < 1.29 is 18.7 Å². The molecule has 2 aromatic rings. The van der Waals surface area contributed by atoms with Crippen LogP contribution < -0.4 is 0 Å². The quantitative estimate of drug-likeness (QED) is 0.917. The monoisotopic (exact) mass is 266 g/mol. The largest absolute Gasteiger partial charge is 0.478 e. The minimum Gasteiger partial charge on any atom is -0.478 e. The first kappa shape index (κ1) is 12.6. The molecular formula is C13H8F2O2S. The third kappa shape index (κ3) is 2.68. The van der Waals surface area contributed by atoms with Gasteiger partial charge in [0.05, 0.1) is 5.56 Å². The molecule has 18 heavy (non-hydrogen) atoms. The molecule has 0 aliphatic heterocycles. The smallest absolute Gasteiger partial charge is 0.336 e. The Morgan fingerprint density at radius 2 is 1.78 bits per heavy atom. The highest BCUT2D eigenvalue weighted by atomic mass is 32.2. The van der Waals surface area contributed by atoms with E-state index >= 15 is 0 Å². The minimum atomic E-state index is -1.24. The molecule has 2 rings (SSSR count). The molecule has 0 saturated heterocycles. The lowest BCUT2D eigenvalue weighted by molar-refractivity contribution is 0.0692. The summed E-state index contributed by atoms with van der Waals surface area (Å²) in [6.07, 6.45) is 0. The van der Waals surface area contributed by atoms with Crippen LogP contribution in [0.25, 0.3) is 0 Å². The van der Waals surface area contributed by atoms with Gasteiger partial charge >= 0.3 is 5.97 Å². The van der Waals surface area contributed by atoms with E-state index in [1.807, 2.05) is 0 Å². The first-order valence-electron chi connectivity index (χ1n) is 5.03. The van der Waals surface area contributed by atoms with Crippen LogP contribution >= 0.6 is 11.8 Å². The van der Waals surface area contributed by atoms with E-state index in [0.29, 0.717) is 9.79 Å². The van der Waals surface area contributed by atoms with Gasteiger partial charge in [0.2, 0.25) is 0 Å². The van der Waals surface area contributed by atoms with E-state index in [2.05, 4.69) is 0 Å². The van der Waals surface area contributed by atoms with Gasteiger partial charge in [-0.2, -0.15) is 0 Å². The Bertz CT molecular complexity index is 599. The molecule has 0 heterocycles. The van der Waals surface area contributed by atoms with Crippen molar-refractivity contribution in [2.75, 3.05) is 0 Å². The third-order valence-electron chi connectivity index (χ3n) is 2.23. The number of aromatic carboxylic acids is 1. The molecule has 0 unspecified atom stereocenters. The molecule has 0 spiro atoms. The highest BCUT2D eigenvalue weighted by molar-refractivity contribution is 7.99. The maximum absolute atomic E-state index is 13.4. The molecule has 0 bridgehead atoms. The number of carboxylic acid groups (broad SMARTS) is 1. The van der Waals surface area contributed by atoms with Crippen LogP contribution in [0.3, 0.4) is 0 Å². The summed E-state index contributed by atoms with van der Waals surface area (Å²) in [5.41, 5.74) is -0.178. The van der Waals surface area contributed by atoms with Gasteiger partial charge in [0.15, 0.2) is 0 Å². The van der Waals surface area contributed by atoms with Crippen molar-refractivity contribution in [1.29, 1.82) is 0 Å². The molecule has 0 aliphatic rings. The van der Waals surface area contributed by atoms with E-state index in [1.54, 1.807) is 12.1 Å². The minimum absolute atomic E-state index is 0.178. The lowest BCUT2D eigenvalue weighted by atomic mass is 10.2. The molecule has 2 aromatic carbocycles. The Labute approximate surface area is 106 Å². The SMILES string of the molecule is O=C(O)c1cc(F)ccc1Sc1ccccc1F. The Morgan fingerprint density at radius 1 is 1.06 bits per heavy atom. The molecule has 0 aliphatic carbocycles. The lowest BCUT2D eigenvalue weighted by Gasteiger charge is -2.06. The normalized spacial score (nSPS) is 10.3. The van der Waals surface area contributed by atoms with E-state index in [-0.39, 0.29) is 5.56 Å². The Balaban J connectivity index is 2.41. The van der Waals surface area contributed by atoms with Crippen LogP contribution in [-0.2, 0) is 0 Å². The first-order valence-corrected chi connectivity index (χ1v) is 5.85. The molecule has 0 amide bonds. The summed E-state index contributed by atoms with van der Waals surface area (Å²) in [7, 11) is 0. The lowest BCUT2D eigenvalue weighted by Crippen LogP contribution is -1.99. The predicted octanol–water partition coefficient (Wildman–Crippen LogP) is 3.81. The summed E-state index contributed by atoms with van der Waals surface area (Å²) < 4.78 is 26.4. The molecule has 5 heteroatoms. The second-order valence-electron chi connectivity index (χ2n) is 3.48. The van der Waals surface area contributed by atoms with Gasteiger partial charge in [-0.15, -0.1) is 0 Å². The molecule has 2 nitrogen and oxygen atoms in total. The fourth-order valence-corrected chi connectivity index (χ4v) is 2.35. The fraction of sp³-hybridized carbons (Fsp3) is 0. The van der Waals surface area contributed by atoms with E-state index in [9.17, 15) is 13.6 Å². The predicted molar refractivity (Wildman–Crippen MR) is 63.9 cm³/mol. The van der Waals surface area contributed by atoms with Gasteiger partial charge in [0, 0.05) is 9.79 Å². The average Bonchev–Trinajstić information content (AvgIpc) is 2.34. The van der Waals surface area contributed by atoms with Gasteiger partial charge in [0.1, 0.15) is 11.6 Å². The molecule has 0 aromatic heterocycles. The second kappa shape index (κ2) is 5.18. The van der Waals surface area contributed by atoms with Crippen molar-refractivity contribution in [2.24, 2.45) is 0 Å². The highest BCUT2D eigenvalue weighted by Crippen LogP contribution is 2.32. The van der Waals surface area contributed by atoms with Crippen LogP contribution in [0.1, 0.15) is 10.4 Å². The van der Waals surface area contributed by atoms with Gasteiger partial charge < -0.3 is 5.11 Å². The molecule has 1 N–H and O–H groups in total. The van der Waals surface area contributed by atoms with Crippen molar-refractivity contribution in [3.8, 4) is 0 Å². The van der Waals surface area contributed by atoms with E-state index in [4.69, 9.17) is 5.11 Å². The number of hydrogen-bond acceptors (Lipinski definition) is 2. The van der Waals surface area contributed by atoms with Crippen molar-refractivity contribution in [2.45, 2.75) is 9.79 Å². The summed E-state index contributed by atoms with van der Waals surface area (Å²) in [5, 5.41) is 8.96. The number of carbonyl (C=O) groups is 1. The zero-order valence-electron chi connectivity index (χ0n) is 9.06. The number of halogens is 2. The van der Waals surface area contributed by atoms with Gasteiger partial charge in [-0.25, -0.2) is 13.6 Å². The highest BCUT2D eigenvalue weighted by Gasteiger charge is 2.13. The zero-order valence-corrected chi connectivity index (χ0v) is 9.88.